The monoisotopic (exact) mass is 257 g/mol. The van der Waals surface area contributed by atoms with Gasteiger partial charge in [0.05, 0.1) is 0 Å². The molecular weight excluding hydrogens is 245 g/mol. The van der Waals surface area contributed by atoms with Gasteiger partial charge in [0, 0.05) is 22.5 Å². The average Bonchev–Trinajstić information content (AvgIpc) is 2.26. The SMILES string of the molecule is C=C(Cl)CNC1CCSc2ccc(F)cc21. The summed E-state index contributed by atoms with van der Waals surface area (Å²) in [6.45, 7) is 4.20. The molecule has 86 valence electrons. The van der Waals surface area contributed by atoms with Crippen LogP contribution in [0, 0.1) is 5.82 Å². The van der Waals surface area contributed by atoms with Gasteiger partial charge >= 0.3 is 0 Å². The first-order valence-corrected chi connectivity index (χ1v) is 6.52. The Kier molecular flexibility index (Phi) is 3.90. The van der Waals surface area contributed by atoms with Gasteiger partial charge in [0.15, 0.2) is 0 Å². The van der Waals surface area contributed by atoms with Crippen molar-refractivity contribution in [2.75, 3.05) is 12.3 Å². The number of halogens is 2. The van der Waals surface area contributed by atoms with Gasteiger partial charge in [-0.25, -0.2) is 4.39 Å². The van der Waals surface area contributed by atoms with Crippen LogP contribution in [0.15, 0.2) is 34.7 Å². The molecule has 0 spiro atoms. The van der Waals surface area contributed by atoms with Crippen LogP contribution in [0.4, 0.5) is 4.39 Å². The second-order valence-corrected chi connectivity index (χ2v) is 5.44. The van der Waals surface area contributed by atoms with Crippen LogP contribution in [0.3, 0.4) is 0 Å². The zero-order valence-corrected chi connectivity index (χ0v) is 10.4. The van der Waals surface area contributed by atoms with Crippen molar-refractivity contribution >= 4 is 23.4 Å². The molecule has 0 saturated heterocycles. The van der Waals surface area contributed by atoms with Crippen LogP contribution in [0.2, 0.25) is 0 Å². The first kappa shape index (κ1) is 12.0. The minimum absolute atomic E-state index is 0.183. The summed E-state index contributed by atoms with van der Waals surface area (Å²) in [5.41, 5.74) is 1.04. The fourth-order valence-corrected chi connectivity index (χ4v) is 2.99. The minimum atomic E-state index is -0.183. The molecule has 1 atom stereocenters. The van der Waals surface area contributed by atoms with Crippen molar-refractivity contribution in [1.82, 2.24) is 5.32 Å². The van der Waals surface area contributed by atoms with Crippen LogP contribution >= 0.6 is 23.4 Å². The first-order valence-electron chi connectivity index (χ1n) is 5.16. The van der Waals surface area contributed by atoms with Crippen molar-refractivity contribution in [2.24, 2.45) is 0 Å². The van der Waals surface area contributed by atoms with E-state index in [1.807, 2.05) is 6.07 Å². The van der Waals surface area contributed by atoms with Crippen molar-refractivity contribution in [2.45, 2.75) is 17.4 Å². The molecule has 0 bridgehead atoms. The van der Waals surface area contributed by atoms with Crippen LogP contribution in [0.5, 0.6) is 0 Å². The summed E-state index contributed by atoms with van der Waals surface area (Å²) >= 11 is 7.49. The van der Waals surface area contributed by atoms with E-state index in [-0.39, 0.29) is 11.9 Å². The van der Waals surface area contributed by atoms with E-state index in [1.54, 1.807) is 17.8 Å². The number of hydrogen-bond acceptors (Lipinski definition) is 2. The number of hydrogen-bond donors (Lipinski definition) is 1. The van der Waals surface area contributed by atoms with E-state index in [4.69, 9.17) is 11.6 Å². The summed E-state index contributed by atoms with van der Waals surface area (Å²) in [6, 6.07) is 5.14. The molecule has 1 nitrogen and oxygen atoms in total. The third-order valence-electron chi connectivity index (χ3n) is 2.55. The van der Waals surface area contributed by atoms with Gasteiger partial charge in [0.2, 0.25) is 0 Å². The van der Waals surface area contributed by atoms with Gasteiger partial charge in [-0.1, -0.05) is 18.2 Å². The van der Waals surface area contributed by atoms with Gasteiger partial charge in [0.1, 0.15) is 5.82 Å². The molecular formula is C12H13ClFNS. The maximum absolute atomic E-state index is 13.2. The second-order valence-electron chi connectivity index (χ2n) is 3.77. The van der Waals surface area contributed by atoms with E-state index in [1.165, 1.54) is 6.07 Å². The standard InChI is InChI=1S/C12H13ClFNS/c1-8(13)7-15-11-4-5-16-12-3-2-9(14)6-10(11)12/h2-3,6,11,15H,1,4-5,7H2. The number of nitrogens with one attached hydrogen (secondary N) is 1. The highest BCUT2D eigenvalue weighted by Gasteiger charge is 2.20. The third kappa shape index (κ3) is 2.78. The molecule has 1 unspecified atom stereocenters. The Morgan fingerprint density at radius 3 is 3.19 bits per heavy atom. The highest BCUT2D eigenvalue weighted by atomic mass is 35.5. The van der Waals surface area contributed by atoms with Gasteiger partial charge in [0.25, 0.3) is 0 Å². The van der Waals surface area contributed by atoms with E-state index in [9.17, 15) is 4.39 Å². The molecule has 0 amide bonds. The van der Waals surface area contributed by atoms with E-state index < -0.39 is 0 Å². The maximum atomic E-state index is 13.2. The Bertz CT molecular complexity index is 408. The Morgan fingerprint density at radius 1 is 1.62 bits per heavy atom. The molecule has 0 aromatic heterocycles. The van der Waals surface area contributed by atoms with Crippen LogP contribution in [0.1, 0.15) is 18.0 Å². The smallest absolute Gasteiger partial charge is 0.123 e. The van der Waals surface area contributed by atoms with Crippen LogP contribution < -0.4 is 5.32 Å². The molecule has 1 aromatic rings. The van der Waals surface area contributed by atoms with Crippen molar-refractivity contribution in [3.8, 4) is 0 Å². The molecule has 0 aliphatic carbocycles. The minimum Gasteiger partial charge on any atom is -0.305 e. The zero-order chi connectivity index (χ0) is 11.5. The molecule has 1 N–H and O–H groups in total. The molecule has 4 heteroatoms. The highest BCUT2D eigenvalue weighted by Crippen LogP contribution is 2.36. The fourth-order valence-electron chi connectivity index (χ4n) is 1.81. The van der Waals surface area contributed by atoms with Gasteiger partial charge in [-0.05, 0) is 35.9 Å². The lowest BCUT2D eigenvalue weighted by Gasteiger charge is -2.26. The lowest BCUT2D eigenvalue weighted by Crippen LogP contribution is -2.25. The molecule has 0 fully saturated rings. The predicted molar refractivity (Wildman–Crippen MR) is 67.5 cm³/mol. The van der Waals surface area contributed by atoms with E-state index >= 15 is 0 Å². The molecule has 16 heavy (non-hydrogen) atoms. The number of rotatable bonds is 3. The summed E-state index contributed by atoms with van der Waals surface area (Å²) in [5, 5.41) is 3.87. The van der Waals surface area contributed by atoms with Crippen LogP contribution in [-0.4, -0.2) is 12.3 Å². The maximum Gasteiger partial charge on any atom is 0.123 e. The predicted octanol–water partition coefficient (Wildman–Crippen LogP) is 3.70. The summed E-state index contributed by atoms with van der Waals surface area (Å²) < 4.78 is 13.2. The Balaban J connectivity index is 2.18. The van der Waals surface area contributed by atoms with Crippen molar-refractivity contribution < 1.29 is 4.39 Å². The molecule has 1 aromatic carbocycles. The van der Waals surface area contributed by atoms with Crippen molar-refractivity contribution in [3.63, 3.8) is 0 Å². The third-order valence-corrected chi connectivity index (χ3v) is 3.81. The number of thioether (sulfide) groups is 1. The van der Waals surface area contributed by atoms with E-state index in [0.717, 1.165) is 22.6 Å². The highest BCUT2D eigenvalue weighted by molar-refractivity contribution is 7.99. The molecule has 0 saturated carbocycles. The van der Waals surface area contributed by atoms with E-state index in [2.05, 4.69) is 11.9 Å². The van der Waals surface area contributed by atoms with Crippen molar-refractivity contribution in [1.29, 1.82) is 0 Å². The summed E-state index contributed by atoms with van der Waals surface area (Å²) in [5.74, 6) is 0.864. The number of fused-ring (bicyclic) bond motifs is 1. The lowest BCUT2D eigenvalue weighted by molar-refractivity contribution is 0.531. The normalized spacial score (nSPS) is 19.2. The van der Waals surface area contributed by atoms with Crippen molar-refractivity contribution in [3.05, 3.63) is 41.2 Å². The molecule has 1 aliphatic heterocycles. The Hall–Kier alpha value is -0.510. The second kappa shape index (κ2) is 5.21. The van der Waals surface area contributed by atoms with Crippen LogP contribution in [0.25, 0.3) is 0 Å². The summed E-state index contributed by atoms with van der Waals surface area (Å²) in [4.78, 5) is 1.16. The lowest BCUT2D eigenvalue weighted by atomic mass is 10.0. The average molecular weight is 258 g/mol. The Morgan fingerprint density at radius 2 is 2.44 bits per heavy atom. The quantitative estimate of drug-likeness (QED) is 0.886. The van der Waals surface area contributed by atoms with Gasteiger partial charge < -0.3 is 5.32 Å². The molecule has 1 heterocycles. The van der Waals surface area contributed by atoms with Crippen LogP contribution in [-0.2, 0) is 0 Å². The fraction of sp³-hybridized carbons (Fsp3) is 0.333. The first-order chi connectivity index (χ1) is 7.66. The van der Waals surface area contributed by atoms with Gasteiger partial charge in [-0.3, -0.25) is 0 Å². The Labute approximate surface area is 104 Å². The van der Waals surface area contributed by atoms with E-state index in [0.29, 0.717) is 11.6 Å². The molecule has 1 aliphatic rings. The summed E-state index contributed by atoms with van der Waals surface area (Å²) in [7, 11) is 0. The molecule has 0 radical (unpaired) electrons. The van der Waals surface area contributed by atoms with Gasteiger partial charge in [-0.2, -0.15) is 0 Å². The zero-order valence-electron chi connectivity index (χ0n) is 8.80. The topological polar surface area (TPSA) is 12.0 Å². The van der Waals surface area contributed by atoms with Gasteiger partial charge in [-0.15, -0.1) is 11.8 Å². The summed E-state index contributed by atoms with van der Waals surface area (Å²) in [6.07, 6.45) is 0.991. The number of benzene rings is 1. The largest absolute Gasteiger partial charge is 0.305 e. The molecule has 2 rings (SSSR count).